The molecule has 0 aliphatic heterocycles. The zero-order chi connectivity index (χ0) is 13.9. The molecule has 1 heterocycles. The van der Waals surface area contributed by atoms with Crippen LogP contribution in [0.5, 0.6) is 0 Å². The maximum atomic E-state index is 10.9. The zero-order valence-electron chi connectivity index (χ0n) is 11.4. The van der Waals surface area contributed by atoms with E-state index in [-0.39, 0.29) is 5.76 Å². The van der Waals surface area contributed by atoms with Crippen molar-refractivity contribution in [3.05, 3.63) is 35.6 Å². The van der Waals surface area contributed by atoms with Crippen LogP contribution in [-0.2, 0) is 6.54 Å². The summed E-state index contributed by atoms with van der Waals surface area (Å²) >= 11 is 0. The van der Waals surface area contributed by atoms with E-state index in [2.05, 4.69) is 5.32 Å². The highest BCUT2D eigenvalue weighted by Gasteiger charge is 2.16. The number of hydrogen-bond donors (Lipinski definition) is 2. The van der Waals surface area contributed by atoms with E-state index in [0.29, 0.717) is 5.58 Å². The largest absolute Gasteiger partial charge is 0.475 e. The fraction of sp³-hybridized carbons (Fsp3) is 0.438. The number of aromatic carboxylic acids is 1. The number of rotatable bonds is 6. The zero-order valence-corrected chi connectivity index (χ0v) is 11.4. The van der Waals surface area contributed by atoms with Crippen molar-refractivity contribution >= 4 is 16.9 Å². The molecule has 0 unspecified atom stereocenters. The van der Waals surface area contributed by atoms with Gasteiger partial charge in [-0.25, -0.2) is 4.79 Å². The van der Waals surface area contributed by atoms with Crippen molar-refractivity contribution in [3.8, 4) is 0 Å². The molecule has 0 amide bonds. The molecule has 1 aromatic heterocycles. The van der Waals surface area contributed by atoms with E-state index in [1.165, 1.54) is 25.7 Å². The number of benzene rings is 1. The first-order valence-electron chi connectivity index (χ1n) is 7.19. The molecular weight excluding hydrogens is 254 g/mol. The van der Waals surface area contributed by atoms with E-state index in [4.69, 9.17) is 9.52 Å². The molecule has 3 rings (SSSR count). The molecule has 1 aromatic carbocycles. The molecule has 2 N–H and O–H groups in total. The van der Waals surface area contributed by atoms with Gasteiger partial charge in [-0.05, 0) is 42.6 Å². The lowest BCUT2D eigenvalue weighted by atomic mass is 9.83. The highest BCUT2D eigenvalue weighted by atomic mass is 16.4. The second-order valence-electron chi connectivity index (χ2n) is 5.55. The highest BCUT2D eigenvalue weighted by molar-refractivity contribution is 5.91. The molecule has 0 radical (unpaired) electrons. The second kappa shape index (κ2) is 5.67. The van der Waals surface area contributed by atoms with Crippen LogP contribution in [0.4, 0.5) is 0 Å². The average Bonchev–Trinajstić information content (AvgIpc) is 2.79. The summed E-state index contributed by atoms with van der Waals surface area (Å²) < 4.78 is 5.24. The Morgan fingerprint density at radius 1 is 1.35 bits per heavy atom. The topological polar surface area (TPSA) is 62.5 Å². The molecule has 0 saturated heterocycles. The van der Waals surface area contributed by atoms with E-state index >= 15 is 0 Å². The quantitative estimate of drug-likeness (QED) is 0.792. The highest BCUT2D eigenvalue weighted by Crippen LogP contribution is 2.28. The second-order valence-corrected chi connectivity index (χ2v) is 5.55. The number of hydrogen-bond acceptors (Lipinski definition) is 3. The van der Waals surface area contributed by atoms with Gasteiger partial charge in [0.2, 0.25) is 5.76 Å². The van der Waals surface area contributed by atoms with Crippen molar-refractivity contribution in [2.75, 3.05) is 6.54 Å². The van der Waals surface area contributed by atoms with Gasteiger partial charge in [0.05, 0.1) is 0 Å². The summed E-state index contributed by atoms with van der Waals surface area (Å²) in [5.41, 5.74) is 1.78. The number of nitrogens with one attached hydrogen (secondary N) is 1. The molecule has 2 aromatic rings. The summed E-state index contributed by atoms with van der Waals surface area (Å²) in [6.45, 7) is 1.87. The Morgan fingerprint density at radius 2 is 2.20 bits per heavy atom. The van der Waals surface area contributed by atoms with Gasteiger partial charge in [0.1, 0.15) is 5.58 Å². The van der Waals surface area contributed by atoms with Crippen LogP contribution >= 0.6 is 0 Å². The Labute approximate surface area is 117 Å². The normalized spacial score (nSPS) is 15.4. The molecule has 4 heteroatoms. The summed E-state index contributed by atoms with van der Waals surface area (Å²) in [7, 11) is 0. The molecule has 4 nitrogen and oxygen atoms in total. The Bertz CT molecular complexity index is 613. The molecule has 1 aliphatic carbocycles. The molecule has 20 heavy (non-hydrogen) atoms. The maximum Gasteiger partial charge on any atom is 0.371 e. The van der Waals surface area contributed by atoms with Gasteiger partial charge in [0, 0.05) is 11.9 Å². The Balaban J connectivity index is 1.58. The van der Waals surface area contributed by atoms with Crippen LogP contribution in [0.25, 0.3) is 11.0 Å². The number of furan rings is 1. The van der Waals surface area contributed by atoms with E-state index in [0.717, 1.165) is 30.0 Å². The van der Waals surface area contributed by atoms with Gasteiger partial charge in [-0.15, -0.1) is 0 Å². The first kappa shape index (κ1) is 13.2. The Kier molecular flexibility index (Phi) is 3.74. The van der Waals surface area contributed by atoms with Gasteiger partial charge in [0.25, 0.3) is 0 Å². The van der Waals surface area contributed by atoms with Crippen molar-refractivity contribution in [1.82, 2.24) is 5.32 Å². The van der Waals surface area contributed by atoms with Crippen molar-refractivity contribution in [2.45, 2.75) is 32.2 Å². The first-order chi connectivity index (χ1) is 9.72. The van der Waals surface area contributed by atoms with E-state index in [1.54, 1.807) is 6.07 Å². The molecule has 0 atom stereocenters. The molecule has 106 valence electrons. The van der Waals surface area contributed by atoms with E-state index < -0.39 is 5.97 Å². The molecule has 0 bridgehead atoms. The summed E-state index contributed by atoms with van der Waals surface area (Å²) in [5.74, 6) is -0.103. The summed E-state index contributed by atoms with van der Waals surface area (Å²) in [6, 6.07) is 7.38. The maximum absolute atomic E-state index is 10.9. The average molecular weight is 273 g/mol. The predicted molar refractivity (Wildman–Crippen MR) is 76.8 cm³/mol. The van der Waals surface area contributed by atoms with Crippen molar-refractivity contribution in [1.29, 1.82) is 0 Å². The Hall–Kier alpha value is -1.81. The van der Waals surface area contributed by atoms with Gasteiger partial charge in [-0.1, -0.05) is 25.3 Å². The molecule has 1 aliphatic rings. The van der Waals surface area contributed by atoms with Gasteiger partial charge in [-0.2, -0.15) is 0 Å². The molecule has 0 spiro atoms. The SMILES string of the molecule is O=C(O)c1cc2cc(CNCCC3CCC3)ccc2o1. The lowest BCUT2D eigenvalue weighted by Gasteiger charge is -2.25. The third-order valence-electron chi connectivity index (χ3n) is 4.07. The smallest absolute Gasteiger partial charge is 0.371 e. The number of carboxylic acid groups (broad SMARTS) is 1. The lowest BCUT2D eigenvalue weighted by molar-refractivity contribution is 0.0665. The van der Waals surface area contributed by atoms with Gasteiger partial charge < -0.3 is 14.8 Å². The van der Waals surface area contributed by atoms with Crippen LogP contribution in [-0.4, -0.2) is 17.6 Å². The van der Waals surface area contributed by atoms with Crippen molar-refractivity contribution < 1.29 is 14.3 Å². The van der Waals surface area contributed by atoms with Gasteiger partial charge in [-0.3, -0.25) is 0 Å². The van der Waals surface area contributed by atoms with Crippen LogP contribution < -0.4 is 5.32 Å². The van der Waals surface area contributed by atoms with Gasteiger partial charge >= 0.3 is 5.97 Å². The summed E-state index contributed by atoms with van der Waals surface area (Å²) in [5, 5.41) is 13.2. The minimum absolute atomic E-state index is 0.00454. The first-order valence-corrected chi connectivity index (χ1v) is 7.19. The standard InChI is InChI=1S/C16H19NO3/c18-16(19)15-9-13-8-12(4-5-14(13)20-15)10-17-7-6-11-2-1-3-11/h4-5,8-9,11,17H,1-3,6-7,10H2,(H,18,19). The Morgan fingerprint density at radius 3 is 2.90 bits per heavy atom. The fourth-order valence-corrected chi connectivity index (χ4v) is 2.63. The van der Waals surface area contributed by atoms with E-state index in [9.17, 15) is 4.79 Å². The fourth-order valence-electron chi connectivity index (χ4n) is 2.63. The molecule has 1 fully saturated rings. The summed E-state index contributed by atoms with van der Waals surface area (Å²) in [6.07, 6.45) is 5.44. The molecule has 1 saturated carbocycles. The number of carboxylic acids is 1. The van der Waals surface area contributed by atoms with Crippen LogP contribution in [0, 0.1) is 5.92 Å². The third kappa shape index (κ3) is 2.85. The van der Waals surface area contributed by atoms with Crippen LogP contribution in [0.2, 0.25) is 0 Å². The predicted octanol–water partition coefficient (Wildman–Crippen LogP) is 3.41. The number of fused-ring (bicyclic) bond motifs is 1. The minimum atomic E-state index is -1.03. The van der Waals surface area contributed by atoms with Crippen molar-refractivity contribution in [2.24, 2.45) is 5.92 Å². The van der Waals surface area contributed by atoms with Crippen LogP contribution in [0.1, 0.15) is 41.8 Å². The van der Waals surface area contributed by atoms with Gasteiger partial charge in [0.15, 0.2) is 0 Å². The van der Waals surface area contributed by atoms with Crippen LogP contribution in [0.15, 0.2) is 28.7 Å². The summed E-state index contributed by atoms with van der Waals surface area (Å²) in [4.78, 5) is 10.9. The van der Waals surface area contributed by atoms with Crippen molar-refractivity contribution in [3.63, 3.8) is 0 Å². The van der Waals surface area contributed by atoms with E-state index in [1.807, 2.05) is 18.2 Å². The van der Waals surface area contributed by atoms with Crippen LogP contribution in [0.3, 0.4) is 0 Å². The molecular formula is C16H19NO3. The third-order valence-corrected chi connectivity index (χ3v) is 4.07. The monoisotopic (exact) mass is 273 g/mol. The number of carbonyl (C=O) groups is 1. The lowest BCUT2D eigenvalue weighted by Crippen LogP contribution is -2.21. The minimum Gasteiger partial charge on any atom is -0.475 e.